The van der Waals surface area contributed by atoms with E-state index in [0.29, 0.717) is 18.9 Å². The number of guanidine groups is 1. The van der Waals surface area contributed by atoms with Crippen LogP contribution in [0.4, 0.5) is 5.69 Å². The molecule has 7 heteroatoms. The quantitative estimate of drug-likeness (QED) is 0.376. The average molecular weight is 501 g/mol. The van der Waals surface area contributed by atoms with Crippen LogP contribution in [0.25, 0.3) is 0 Å². The van der Waals surface area contributed by atoms with Gasteiger partial charge in [0.15, 0.2) is 5.96 Å². The molecule has 1 heterocycles. The number of anilines is 1. The molecule has 146 valence electrons. The van der Waals surface area contributed by atoms with Gasteiger partial charge < -0.3 is 20.6 Å². The minimum atomic E-state index is -0.522. The van der Waals surface area contributed by atoms with E-state index < -0.39 is 6.10 Å². The predicted molar refractivity (Wildman–Crippen MR) is 123 cm³/mol. The maximum absolute atomic E-state index is 10.2. The largest absolute Gasteiger partial charge is 0.391 e. The van der Waals surface area contributed by atoms with Crippen LogP contribution in [0.5, 0.6) is 0 Å². The van der Waals surface area contributed by atoms with Crippen molar-refractivity contribution < 1.29 is 5.11 Å². The lowest BCUT2D eigenvalue weighted by molar-refractivity contribution is 0.183. The maximum Gasteiger partial charge on any atom is 0.191 e. The molecule has 1 aliphatic heterocycles. The molecule has 0 aromatic heterocycles. The summed E-state index contributed by atoms with van der Waals surface area (Å²) in [5.41, 5.74) is 8.39. The zero-order valence-electron chi connectivity index (χ0n) is 15.2. The van der Waals surface area contributed by atoms with E-state index >= 15 is 0 Å². The van der Waals surface area contributed by atoms with Crippen LogP contribution < -0.4 is 10.6 Å². The van der Waals surface area contributed by atoms with E-state index in [1.807, 2.05) is 54.6 Å². The van der Waals surface area contributed by atoms with Gasteiger partial charge in [-0.05, 0) is 29.8 Å². The highest BCUT2D eigenvalue weighted by molar-refractivity contribution is 14.0. The highest BCUT2D eigenvalue weighted by atomic mass is 127. The van der Waals surface area contributed by atoms with Crippen LogP contribution in [0.15, 0.2) is 59.6 Å². The van der Waals surface area contributed by atoms with E-state index in [4.69, 9.17) is 17.3 Å². The normalized spacial score (nSPS) is 16.0. The maximum atomic E-state index is 10.2. The van der Waals surface area contributed by atoms with Crippen molar-refractivity contribution in [2.24, 2.45) is 10.7 Å². The summed E-state index contributed by atoms with van der Waals surface area (Å²) in [5.74, 6) is 0.507. The molecule has 2 aromatic carbocycles. The lowest BCUT2D eigenvalue weighted by Gasteiger charge is -2.36. The number of aliphatic imine (C=N–C) groups is 1. The predicted octanol–water partition coefficient (Wildman–Crippen LogP) is 3.00. The number of aliphatic hydroxyl groups excluding tert-OH is 1. The molecular weight excluding hydrogens is 475 g/mol. The van der Waals surface area contributed by atoms with Crippen molar-refractivity contribution >= 4 is 47.2 Å². The summed E-state index contributed by atoms with van der Waals surface area (Å²) < 4.78 is 0. The van der Waals surface area contributed by atoms with Crippen LogP contribution in [-0.2, 0) is 6.42 Å². The Kier molecular flexibility index (Phi) is 8.66. The second kappa shape index (κ2) is 10.7. The molecule has 1 aliphatic rings. The molecule has 3 rings (SSSR count). The molecule has 1 unspecified atom stereocenters. The van der Waals surface area contributed by atoms with Crippen LogP contribution >= 0.6 is 35.6 Å². The van der Waals surface area contributed by atoms with Gasteiger partial charge in [0.1, 0.15) is 0 Å². The fourth-order valence-electron chi connectivity index (χ4n) is 3.10. The molecule has 1 saturated heterocycles. The fourth-order valence-corrected chi connectivity index (χ4v) is 3.22. The summed E-state index contributed by atoms with van der Waals surface area (Å²) >= 11 is 5.95. The first kappa shape index (κ1) is 21.8. The summed E-state index contributed by atoms with van der Waals surface area (Å²) in [5, 5.41) is 10.9. The van der Waals surface area contributed by atoms with E-state index in [1.165, 1.54) is 5.69 Å². The monoisotopic (exact) mass is 500 g/mol. The first-order chi connectivity index (χ1) is 12.6. The third-order valence-corrected chi connectivity index (χ3v) is 4.83. The Morgan fingerprint density at radius 3 is 2.30 bits per heavy atom. The topological polar surface area (TPSA) is 65.1 Å². The van der Waals surface area contributed by atoms with Gasteiger partial charge >= 0.3 is 0 Å². The number of rotatable bonds is 5. The van der Waals surface area contributed by atoms with Gasteiger partial charge in [-0.25, -0.2) is 0 Å². The summed E-state index contributed by atoms with van der Waals surface area (Å²) in [4.78, 5) is 8.77. The highest BCUT2D eigenvalue weighted by Crippen LogP contribution is 2.19. The number of nitrogens with zero attached hydrogens (tertiary/aromatic N) is 3. The molecular formula is C20H26ClIN4O. The van der Waals surface area contributed by atoms with Gasteiger partial charge in [0.05, 0.1) is 12.6 Å². The van der Waals surface area contributed by atoms with E-state index in [1.54, 1.807) is 0 Å². The van der Waals surface area contributed by atoms with Gasteiger partial charge in [0.2, 0.25) is 0 Å². The second-order valence-corrected chi connectivity index (χ2v) is 6.93. The van der Waals surface area contributed by atoms with E-state index in [-0.39, 0.29) is 24.0 Å². The molecule has 0 radical (unpaired) electrons. The molecule has 0 bridgehead atoms. The molecule has 27 heavy (non-hydrogen) atoms. The lowest BCUT2D eigenvalue weighted by atomic mass is 10.1. The number of aliphatic hydroxyl groups is 1. The summed E-state index contributed by atoms with van der Waals surface area (Å²) in [6.07, 6.45) is 0.0633. The van der Waals surface area contributed by atoms with Gasteiger partial charge in [0.25, 0.3) is 0 Å². The zero-order valence-corrected chi connectivity index (χ0v) is 18.3. The van der Waals surface area contributed by atoms with Gasteiger partial charge in [-0.2, -0.15) is 0 Å². The van der Waals surface area contributed by atoms with Crippen LogP contribution in [-0.4, -0.2) is 54.8 Å². The number of hydrogen-bond acceptors (Lipinski definition) is 3. The number of hydrogen-bond donors (Lipinski definition) is 2. The Balaban J connectivity index is 0.00000261. The summed E-state index contributed by atoms with van der Waals surface area (Å²) in [6.45, 7) is 3.70. The number of piperazine rings is 1. The SMILES string of the molecule is I.NC(=NCC(O)Cc1ccccc1)N1CCN(c2ccc(Cl)cc2)CC1. The van der Waals surface area contributed by atoms with Crippen molar-refractivity contribution in [3.05, 3.63) is 65.2 Å². The molecule has 0 amide bonds. The van der Waals surface area contributed by atoms with Crippen molar-refractivity contribution in [1.82, 2.24) is 4.90 Å². The zero-order chi connectivity index (χ0) is 18.4. The fraction of sp³-hybridized carbons (Fsp3) is 0.350. The second-order valence-electron chi connectivity index (χ2n) is 6.49. The van der Waals surface area contributed by atoms with Gasteiger partial charge in [-0.15, -0.1) is 24.0 Å². The van der Waals surface area contributed by atoms with Crippen molar-refractivity contribution in [3.8, 4) is 0 Å². The standard InChI is InChI=1S/C20H25ClN4O.HI/c21-17-6-8-18(9-7-17)24-10-12-25(13-11-24)20(22)23-15-19(26)14-16-4-2-1-3-5-16;/h1-9,19,26H,10-15H2,(H2,22,23);1H. The average Bonchev–Trinajstić information content (AvgIpc) is 2.68. The Labute approximate surface area is 182 Å². The lowest BCUT2D eigenvalue weighted by Crippen LogP contribution is -2.51. The number of halogens is 2. The third kappa shape index (κ3) is 6.55. The Hall–Kier alpha value is -1.51. The minimum Gasteiger partial charge on any atom is -0.391 e. The first-order valence-corrected chi connectivity index (χ1v) is 9.27. The third-order valence-electron chi connectivity index (χ3n) is 4.57. The minimum absolute atomic E-state index is 0. The van der Waals surface area contributed by atoms with Gasteiger partial charge in [-0.3, -0.25) is 4.99 Å². The van der Waals surface area contributed by atoms with E-state index in [0.717, 1.165) is 36.8 Å². The molecule has 5 nitrogen and oxygen atoms in total. The van der Waals surface area contributed by atoms with Crippen molar-refractivity contribution in [3.63, 3.8) is 0 Å². The highest BCUT2D eigenvalue weighted by Gasteiger charge is 2.18. The molecule has 0 saturated carbocycles. The van der Waals surface area contributed by atoms with Crippen LogP contribution in [0.1, 0.15) is 5.56 Å². The molecule has 3 N–H and O–H groups in total. The molecule has 1 fully saturated rings. The smallest absolute Gasteiger partial charge is 0.191 e. The van der Waals surface area contributed by atoms with E-state index in [2.05, 4.69) is 14.8 Å². The Bertz CT molecular complexity index is 719. The molecule has 1 atom stereocenters. The van der Waals surface area contributed by atoms with Crippen molar-refractivity contribution in [2.75, 3.05) is 37.6 Å². The summed E-state index contributed by atoms with van der Waals surface area (Å²) in [7, 11) is 0. The Morgan fingerprint density at radius 1 is 1.04 bits per heavy atom. The van der Waals surface area contributed by atoms with Crippen molar-refractivity contribution in [1.29, 1.82) is 0 Å². The van der Waals surface area contributed by atoms with Gasteiger partial charge in [0, 0.05) is 43.3 Å². The van der Waals surface area contributed by atoms with Crippen molar-refractivity contribution in [2.45, 2.75) is 12.5 Å². The Morgan fingerprint density at radius 2 is 1.67 bits per heavy atom. The van der Waals surface area contributed by atoms with Crippen LogP contribution in [0.3, 0.4) is 0 Å². The molecule has 2 aromatic rings. The number of nitrogens with two attached hydrogens (primary N) is 1. The first-order valence-electron chi connectivity index (χ1n) is 8.89. The molecule has 0 aliphatic carbocycles. The van der Waals surface area contributed by atoms with Crippen LogP contribution in [0, 0.1) is 0 Å². The molecule has 0 spiro atoms. The van der Waals surface area contributed by atoms with E-state index in [9.17, 15) is 5.11 Å². The summed E-state index contributed by atoms with van der Waals surface area (Å²) in [6, 6.07) is 17.8. The van der Waals surface area contributed by atoms with Gasteiger partial charge in [-0.1, -0.05) is 41.9 Å². The number of benzene rings is 2. The van der Waals surface area contributed by atoms with Crippen LogP contribution in [0.2, 0.25) is 5.02 Å².